The van der Waals surface area contributed by atoms with Crippen molar-refractivity contribution in [2.45, 2.75) is 6.92 Å². The number of ketones is 1. The minimum absolute atomic E-state index is 0.171. The molecule has 0 aliphatic carbocycles. The molecule has 6 heteroatoms. The zero-order valence-corrected chi connectivity index (χ0v) is 9.69. The van der Waals surface area contributed by atoms with E-state index in [2.05, 4.69) is 9.97 Å². The molecule has 17 heavy (non-hydrogen) atoms. The molecule has 0 aromatic carbocycles. The second-order valence-electron chi connectivity index (χ2n) is 3.30. The number of carboxylic acid groups (broad SMARTS) is 1. The topological polar surface area (TPSA) is 80.2 Å². The monoisotopic (exact) mass is 248 g/mol. The number of thiazole rings is 1. The summed E-state index contributed by atoms with van der Waals surface area (Å²) in [6.07, 6.45) is 3.23. The van der Waals surface area contributed by atoms with Crippen molar-refractivity contribution >= 4 is 23.1 Å². The lowest BCUT2D eigenvalue weighted by molar-refractivity contribution is -0.131. The maximum atomic E-state index is 11.4. The lowest BCUT2D eigenvalue weighted by Gasteiger charge is -1.92. The molecule has 0 aliphatic rings. The van der Waals surface area contributed by atoms with Gasteiger partial charge in [-0.2, -0.15) is 0 Å². The van der Waals surface area contributed by atoms with Crippen LogP contribution >= 0.6 is 11.3 Å². The van der Waals surface area contributed by atoms with E-state index in [0.29, 0.717) is 10.7 Å². The predicted molar refractivity (Wildman–Crippen MR) is 62.0 cm³/mol. The molecule has 0 atom stereocenters. The number of Topliss-reactive ketones (excluding diaryl/α,β-unsaturated/α-hetero) is 1. The van der Waals surface area contributed by atoms with Gasteiger partial charge in [0.2, 0.25) is 0 Å². The number of aryl methyl sites for hydroxylation is 1. The van der Waals surface area contributed by atoms with Crippen LogP contribution in [0.1, 0.15) is 15.4 Å². The fraction of sp³-hybridized carbons (Fsp3) is 0.0909. The van der Waals surface area contributed by atoms with Gasteiger partial charge in [-0.15, -0.1) is 11.3 Å². The number of carbonyl (C=O) groups is 2. The Morgan fingerprint density at radius 2 is 1.94 bits per heavy atom. The van der Waals surface area contributed by atoms with Crippen LogP contribution in [0.15, 0.2) is 24.5 Å². The lowest BCUT2D eigenvalue weighted by atomic mass is 10.3. The third-order valence-electron chi connectivity index (χ3n) is 2.12. The van der Waals surface area contributed by atoms with E-state index in [-0.39, 0.29) is 4.88 Å². The molecule has 0 saturated carbocycles. The highest BCUT2D eigenvalue weighted by atomic mass is 32.1. The standard InChI is InChI=1S/C11H8N2O3S/c1-6-9(8(14)11(15)16)17-10(13-6)7-2-4-12-5-3-7/h2-5H,1H3,(H,15,16). The first-order chi connectivity index (χ1) is 8.09. The molecule has 0 radical (unpaired) electrons. The Bertz CT molecular complexity index is 578. The van der Waals surface area contributed by atoms with Crippen LogP contribution in [0.4, 0.5) is 0 Å². The Morgan fingerprint density at radius 3 is 2.53 bits per heavy atom. The van der Waals surface area contributed by atoms with Crippen molar-refractivity contribution in [2.75, 3.05) is 0 Å². The van der Waals surface area contributed by atoms with E-state index in [9.17, 15) is 9.59 Å². The molecule has 86 valence electrons. The maximum absolute atomic E-state index is 11.4. The number of hydrogen-bond donors (Lipinski definition) is 1. The highest BCUT2D eigenvalue weighted by Crippen LogP contribution is 2.27. The molecule has 0 aliphatic heterocycles. The second kappa shape index (κ2) is 4.42. The van der Waals surface area contributed by atoms with E-state index in [1.165, 1.54) is 0 Å². The fourth-order valence-electron chi connectivity index (χ4n) is 1.32. The van der Waals surface area contributed by atoms with Crippen LogP contribution in [0, 0.1) is 6.92 Å². The van der Waals surface area contributed by atoms with Gasteiger partial charge in [-0.25, -0.2) is 9.78 Å². The lowest BCUT2D eigenvalue weighted by Crippen LogP contribution is -2.12. The number of aliphatic carboxylic acids is 1. The summed E-state index contributed by atoms with van der Waals surface area (Å²) in [4.78, 5) is 30.2. The van der Waals surface area contributed by atoms with Crippen LogP contribution in [-0.2, 0) is 4.79 Å². The molecule has 0 spiro atoms. The maximum Gasteiger partial charge on any atom is 0.378 e. The summed E-state index contributed by atoms with van der Waals surface area (Å²) >= 11 is 1.08. The largest absolute Gasteiger partial charge is 0.475 e. The van der Waals surface area contributed by atoms with Crippen molar-refractivity contribution in [3.63, 3.8) is 0 Å². The number of rotatable bonds is 3. The normalized spacial score (nSPS) is 10.2. The quantitative estimate of drug-likeness (QED) is 0.661. The molecule has 2 heterocycles. The van der Waals surface area contributed by atoms with Crippen molar-refractivity contribution in [1.82, 2.24) is 9.97 Å². The van der Waals surface area contributed by atoms with E-state index in [1.807, 2.05) is 0 Å². The number of aromatic nitrogens is 2. The van der Waals surface area contributed by atoms with Crippen molar-refractivity contribution in [3.05, 3.63) is 35.1 Å². The molecular weight excluding hydrogens is 240 g/mol. The summed E-state index contributed by atoms with van der Waals surface area (Å²) in [5.74, 6) is -2.38. The van der Waals surface area contributed by atoms with Crippen LogP contribution in [0.2, 0.25) is 0 Å². The van der Waals surface area contributed by atoms with Crippen LogP contribution in [0.3, 0.4) is 0 Å². The third-order valence-corrected chi connectivity index (χ3v) is 3.33. The zero-order valence-electron chi connectivity index (χ0n) is 8.88. The fourth-order valence-corrected chi connectivity index (χ4v) is 2.33. The van der Waals surface area contributed by atoms with Crippen molar-refractivity contribution in [1.29, 1.82) is 0 Å². The highest BCUT2D eigenvalue weighted by molar-refractivity contribution is 7.17. The average Bonchev–Trinajstić information content (AvgIpc) is 2.71. The van der Waals surface area contributed by atoms with Crippen molar-refractivity contribution < 1.29 is 14.7 Å². The molecule has 0 amide bonds. The van der Waals surface area contributed by atoms with Gasteiger partial charge in [0, 0.05) is 18.0 Å². The van der Waals surface area contributed by atoms with Crippen molar-refractivity contribution in [2.24, 2.45) is 0 Å². The van der Waals surface area contributed by atoms with Gasteiger partial charge in [-0.3, -0.25) is 9.78 Å². The minimum atomic E-state index is -1.46. The van der Waals surface area contributed by atoms with Gasteiger partial charge in [0.25, 0.3) is 5.78 Å². The number of nitrogens with zero attached hydrogens (tertiary/aromatic N) is 2. The molecular formula is C11H8N2O3S. The third kappa shape index (κ3) is 2.21. The zero-order chi connectivity index (χ0) is 12.4. The Balaban J connectivity index is 2.44. The molecule has 5 nitrogen and oxygen atoms in total. The summed E-state index contributed by atoms with van der Waals surface area (Å²) in [6.45, 7) is 1.62. The molecule has 1 N–H and O–H groups in total. The summed E-state index contributed by atoms with van der Waals surface area (Å²) in [6, 6.07) is 3.51. The Hall–Kier alpha value is -2.08. The SMILES string of the molecule is Cc1nc(-c2ccncc2)sc1C(=O)C(=O)O. The van der Waals surface area contributed by atoms with Gasteiger partial charge in [-0.1, -0.05) is 0 Å². The van der Waals surface area contributed by atoms with Crippen LogP contribution in [-0.4, -0.2) is 26.8 Å². The second-order valence-corrected chi connectivity index (χ2v) is 4.30. The Morgan fingerprint density at radius 1 is 1.29 bits per heavy atom. The number of hydrogen-bond acceptors (Lipinski definition) is 5. The summed E-state index contributed by atoms with van der Waals surface area (Å²) in [5, 5.41) is 9.28. The first-order valence-corrected chi connectivity index (χ1v) is 5.56. The first kappa shape index (κ1) is 11.4. The average molecular weight is 248 g/mol. The summed E-state index contributed by atoms with van der Waals surface area (Å²) in [5.41, 5.74) is 1.26. The molecule has 2 rings (SSSR count). The molecule has 0 bridgehead atoms. The highest BCUT2D eigenvalue weighted by Gasteiger charge is 2.21. The van der Waals surface area contributed by atoms with Crippen molar-refractivity contribution in [3.8, 4) is 10.6 Å². The van der Waals surface area contributed by atoms with E-state index >= 15 is 0 Å². The van der Waals surface area contributed by atoms with E-state index in [0.717, 1.165) is 16.9 Å². The van der Waals surface area contributed by atoms with Gasteiger partial charge in [0.1, 0.15) is 9.88 Å². The molecule has 2 aromatic heterocycles. The van der Waals surface area contributed by atoms with Gasteiger partial charge in [0.05, 0.1) is 5.69 Å². The van der Waals surface area contributed by atoms with Gasteiger partial charge in [-0.05, 0) is 19.1 Å². The number of pyridine rings is 1. The van der Waals surface area contributed by atoms with Gasteiger partial charge >= 0.3 is 5.97 Å². The molecule has 0 unspecified atom stereocenters. The minimum Gasteiger partial charge on any atom is -0.475 e. The van der Waals surface area contributed by atoms with E-state index in [1.54, 1.807) is 31.5 Å². The number of carbonyl (C=O) groups excluding carboxylic acids is 1. The first-order valence-electron chi connectivity index (χ1n) is 4.75. The molecule has 0 fully saturated rings. The Labute approximate surface area is 101 Å². The molecule has 0 saturated heterocycles. The number of carboxylic acids is 1. The van der Waals surface area contributed by atoms with Crippen LogP contribution in [0.25, 0.3) is 10.6 Å². The van der Waals surface area contributed by atoms with E-state index < -0.39 is 11.8 Å². The van der Waals surface area contributed by atoms with Gasteiger partial charge < -0.3 is 5.11 Å². The summed E-state index contributed by atoms with van der Waals surface area (Å²) < 4.78 is 0. The predicted octanol–water partition coefficient (Wildman–Crippen LogP) is 1.78. The van der Waals surface area contributed by atoms with Crippen LogP contribution in [0.5, 0.6) is 0 Å². The van der Waals surface area contributed by atoms with Crippen LogP contribution < -0.4 is 0 Å². The summed E-state index contributed by atoms with van der Waals surface area (Å²) in [7, 11) is 0. The van der Waals surface area contributed by atoms with Gasteiger partial charge in [0.15, 0.2) is 0 Å². The Kier molecular flexibility index (Phi) is 2.97. The smallest absolute Gasteiger partial charge is 0.378 e. The molecule has 2 aromatic rings. The van der Waals surface area contributed by atoms with E-state index in [4.69, 9.17) is 5.11 Å².